The average molecular weight is 540 g/mol. The van der Waals surface area contributed by atoms with Gasteiger partial charge in [-0.05, 0) is 75.1 Å². The molecule has 38 heavy (non-hydrogen) atoms. The van der Waals surface area contributed by atoms with Crippen molar-refractivity contribution < 1.29 is 33.1 Å². The Morgan fingerprint density at radius 2 is 1.92 bits per heavy atom. The molecule has 0 heterocycles. The van der Waals surface area contributed by atoms with Gasteiger partial charge in [0.15, 0.2) is 5.60 Å². The molecular formula is C30H36O7P-. The summed E-state index contributed by atoms with van der Waals surface area (Å²) in [5.41, 5.74) is 2.53. The van der Waals surface area contributed by atoms with Gasteiger partial charge < -0.3 is 19.3 Å². The van der Waals surface area contributed by atoms with Gasteiger partial charge in [-0.15, -0.1) is 0 Å². The van der Waals surface area contributed by atoms with Crippen LogP contribution >= 0.6 is 7.82 Å². The topological polar surface area (TPSA) is 105 Å². The molecule has 0 spiro atoms. The van der Waals surface area contributed by atoms with Gasteiger partial charge in [0.05, 0.1) is 6.61 Å². The molecular weight excluding hydrogens is 503 g/mol. The van der Waals surface area contributed by atoms with Gasteiger partial charge in [-0.1, -0.05) is 67.5 Å². The van der Waals surface area contributed by atoms with E-state index in [1.807, 2.05) is 26.8 Å². The lowest BCUT2D eigenvalue weighted by molar-refractivity contribution is -0.233. The summed E-state index contributed by atoms with van der Waals surface area (Å²) in [6.07, 6.45) is 5.81. The first kappa shape index (κ1) is 28.3. The van der Waals surface area contributed by atoms with Crippen LogP contribution in [0.1, 0.15) is 75.5 Å². The van der Waals surface area contributed by atoms with E-state index in [2.05, 4.69) is 12.7 Å². The maximum Gasteiger partial charge on any atom is 0.344 e. The zero-order valence-electron chi connectivity index (χ0n) is 22.3. The predicted molar refractivity (Wildman–Crippen MR) is 144 cm³/mol. The van der Waals surface area contributed by atoms with Crippen molar-refractivity contribution in [1.29, 1.82) is 0 Å². The SMILES string of the molecule is C=C(C)[C@@H]1CCC(C)=C[C@H]1c1c(O)cc(CCC)cc1OC(=O)C1(OP(=O)([O-])OCc2ccccc2)CC1. The van der Waals surface area contributed by atoms with Crippen molar-refractivity contribution in [3.63, 3.8) is 0 Å². The molecule has 0 aliphatic heterocycles. The lowest BCUT2D eigenvalue weighted by atomic mass is 9.73. The van der Waals surface area contributed by atoms with E-state index in [0.717, 1.165) is 30.4 Å². The van der Waals surface area contributed by atoms with Gasteiger partial charge in [0, 0.05) is 11.5 Å². The summed E-state index contributed by atoms with van der Waals surface area (Å²) in [6, 6.07) is 12.3. The summed E-state index contributed by atoms with van der Waals surface area (Å²) in [5, 5.41) is 11.1. The van der Waals surface area contributed by atoms with Crippen LogP contribution in [0.4, 0.5) is 0 Å². The third-order valence-electron chi connectivity index (χ3n) is 7.23. The minimum absolute atomic E-state index is 0.0485. The number of phenols is 1. The van der Waals surface area contributed by atoms with E-state index in [1.54, 1.807) is 36.4 Å². The van der Waals surface area contributed by atoms with E-state index < -0.39 is 19.4 Å². The number of aromatic hydroxyl groups is 1. The molecule has 2 aromatic rings. The molecule has 2 aliphatic rings. The highest BCUT2D eigenvalue weighted by atomic mass is 31.2. The van der Waals surface area contributed by atoms with Gasteiger partial charge in [-0.3, -0.25) is 9.09 Å². The minimum atomic E-state index is -4.80. The highest BCUT2D eigenvalue weighted by molar-refractivity contribution is 7.45. The highest BCUT2D eigenvalue weighted by Gasteiger charge is 2.56. The van der Waals surface area contributed by atoms with Crippen molar-refractivity contribution in [1.82, 2.24) is 0 Å². The van der Waals surface area contributed by atoms with Gasteiger partial charge in [0.25, 0.3) is 7.82 Å². The number of aryl methyl sites for hydroxylation is 1. The normalized spacial score (nSPS) is 21.7. The van der Waals surface area contributed by atoms with Gasteiger partial charge >= 0.3 is 5.97 Å². The molecule has 0 bridgehead atoms. The van der Waals surface area contributed by atoms with E-state index in [4.69, 9.17) is 13.8 Å². The summed E-state index contributed by atoms with van der Waals surface area (Å²) < 4.78 is 28.8. The molecule has 0 saturated heterocycles. The quantitative estimate of drug-likeness (QED) is 0.150. The van der Waals surface area contributed by atoms with Crippen molar-refractivity contribution in [3.8, 4) is 11.5 Å². The van der Waals surface area contributed by atoms with Crippen LogP contribution in [0.15, 0.2) is 66.3 Å². The molecule has 1 saturated carbocycles. The number of phosphoric acid groups is 1. The van der Waals surface area contributed by atoms with Crippen LogP contribution in [-0.2, 0) is 31.4 Å². The molecule has 0 radical (unpaired) electrons. The first-order valence-corrected chi connectivity index (χ1v) is 14.6. The summed E-state index contributed by atoms with van der Waals surface area (Å²) in [5.74, 6) is -0.697. The second-order valence-electron chi connectivity index (χ2n) is 10.5. The number of rotatable bonds is 11. The van der Waals surface area contributed by atoms with Gasteiger partial charge in [0.2, 0.25) is 0 Å². The number of esters is 1. The summed E-state index contributed by atoms with van der Waals surface area (Å²) >= 11 is 0. The smallest absolute Gasteiger partial charge is 0.344 e. The van der Waals surface area contributed by atoms with E-state index in [-0.39, 0.29) is 42.8 Å². The Kier molecular flexibility index (Phi) is 8.63. The fraction of sp³-hybridized carbons (Fsp3) is 0.433. The van der Waals surface area contributed by atoms with E-state index in [1.165, 1.54) is 5.57 Å². The number of phenolic OH excluding ortho intramolecular Hbond substituents is 1. The van der Waals surface area contributed by atoms with Crippen LogP contribution < -0.4 is 9.63 Å². The van der Waals surface area contributed by atoms with Crippen LogP contribution in [0.3, 0.4) is 0 Å². The lowest BCUT2D eigenvalue weighted by Crippen LogP contribution is -2.32. The van der Waals surface area contributed by atoms with Crippen molar-refractivity contribution in [2.75, 3.05) is 0 Å². The van der Waals surface area contributed by atoms with Crippen molar-refractivity contribution >= 4 is 13.8 Å². The zero-order valence-corrected chi connectivity index (χ0v) is 23.2. The number of phosphoric ester groups is 1. The third-order valence-corrected chi connectivity index (χ3v) is 8.25. The predicted octanol–water partition coefficient (Wildman–Crippen LogP) is 6.50. The molecule has 2 aliphatic carbocycles. The number of ether oxygens (including phenoxy) is 1. The molecule has 1 fully saturated rings. The van der Waals surface area contributed by atoms with Crippen molar-refractivity contribution in [3.05, 3.63) is 83.0 Å². The van der Waals surface area contributed by atoms with Crippen LogP contribution in [-0.4, -0.2) is 16.7 Å². The number of hydrogen-bond donors (Lipinski definition) is 1. The molecule has 7 nitrogen and oxygen atoms in total. The molecule has 1 N–H and O–H groups in total. The molecule has 0 amide bonds. The molecule has 1 unspecified atom stereocenters. The largest absolute Gasteiger partial charge is 0.756 e. The Balaban J connectivity index is 1.59. The molecule has 4 rings (SSSR count). The fourth-order valence-electron chi connectivity index (χ4n) is 5.03. The van der Waals surface area contributed by atoms with Crippen LogP contribution in [0.2, 0.25) is 0 Å². The number of carbonyl (C=O) groups excluding carboxylic acids is 1. The maximum absolute atomic E-state index is 13.4. The average Bonchev–Trinajstić information content (AvgIpc) is 3.63. The minimum Gasteiger partial charge on any atom is -0.756 e. The van der Waals surface area contributed by atoms with E-state index in [0.29, 0.717) is 17.5 Å². The second-order valence-corrected chi connectivity index (χ2v) is 11.8. The van der Waals surface area contributed by atoms with Gasteiger partial charge in [0.1, 0.15) is 11.5 Å². The van der Waals surface area contributed by atoms with Crippen LogP contribution in [0, 0.1) is 5.92 Å². The molecule has 204 valence electrons. The Labute approximate surface area is 224 Å². The molecule has 0 aromatic heterocycles. The summed E-state index contributed by atoms with van der Waals surface area (Å²) in [7, 11) is -4.80. The van der Waals surface area contributed by atoms with E-state index in [9.17, 15) is 19.4 Å². The second kappa shape index (κ2) is 11.6. The Morgan fingerprint density at radius 3 is 2.55 bits per heavy atom. The summed E-state index contributed by atoms with van der Waals surface area (Å²) in [4.78, 5) is 26.0. The Bertz CT molecular complexity index is 1260. The number of allylic oxidation sites excluding steroid dienone is 3. The highest BCUT2D eigenvalue weighted by Crippen LogP contribution is 2.54. The Hall–Kier alpha value is -2.70. The Morgan fingerprint density at radius 1 is 1.21 bits per heavy atom. The van der Waals surface area contributed by atoms with Crippen LogP contribution in [0.5, 0.6) is 11.5 Å². The van der Waals surface area contributed by atoms with Gasteiger partial charge in [-0.2, -0.15) is 0 Å². The fourth-order valence-corrected chi connectivity index (χ4v) is 6.08. The molecule has 8 heteroatoms. The van der Waals surface area contributed by atoms with Crippen molar-refractivity contribution in [2.45, 2.75) is 77.4 Å². The lowest BCUT2D eigenvalue weighted by Gasteiger charge is -2.32. The number of hydrogen-bond acceptors (Lipinski definition) is 7. The van der Waals surface area contributed by atoms with Crippen LogP contribution in [0.25, 0.3) is 0 Å². The van der Waals surface area contributed by atoms with E-state index >= 15 is 0 Å². The first-order chi connectivity index (χ1) is 18.0. The third kappa shape index (κ3) is 6.65. The zero-order chi connectivity index (χ0) is 27.5. The summed E-state index contributed by atoms with van der Waals surface area (Å²) in [6.45, 7) is 10.00. The standard InChI is InChI=1S/C30H37O7P/c1-5-9-23-17-26(31)28(25-16-21(4)12-13-24(25)20(2)3)27(18-23)36-29(32)30(14-15-30)37-38(33,34)35-19-22-10-7-6-8-11-22/h6-8,10-11,16-18,24-25,31H,2,5,9,12-15,19H2,1,3-4H3,(H,33,34)/p-1/t24-,25+/m0/s1. The monoisotopic (exact) mass is 539 g/mol. The maximum atomic E-state index is 13.4. The number of carbonyl (C=O) groups is 1. The molecule has 2 aromatic carbocycles. The first-order valence-electron chi connectivity index (χ1n) is 13.1. The van der Waals surface area contributed by atoms with Crippen molar-refractivity contribution in [2.24, 2.45) is 5.92 Å². The number of benzene rings is 2. The van der Waals surface area contributed by atoms with Gasteiger partial charge in [-0.25, -0.2) is 4.79 Å². The molecule has 3 atom stereocenters.